The SMILES string of the molecule is CCn1cc2c(n1)CC(NCC[C@@]1(c3ccccn3)CCOC3(CCCC3)C1)CC2. The van der Waals surface area contributed by atoms with E-state index in [-0.39, 0.29) is 11.0 Å². The van der Waals surface area contributed by atoms with Gasteiger partial charge < -0.3 is 10.1 Å². The summed E-state index contributed by atoms with van der Waals surface area (Å²) in [7, 11) is 0. The van der Waals surface area contributed by atoms with Crippen molar-refractivity contribution in [1.29, 1.82) is 0 Å². The normalized spacial score (nSPS) is 28.0. The van der Waals surface area contributed by atoms with Crippen LogP contribution < -0.4 is 5.32 Å². The quantitative estimate of drug-likeness (QED) is 0.778. The number of hydrogen-bond donors (Lipinski definition) is 1. The highest BCUT2D eigenvalue weighted by Gasteiger charge is 2.48. The molecule has 30 heavy (non-hydrogen) atoms. The van der Waals surface area contributed by atoms with Crippen LogP contribution in [0.2, 0.25) is 0 Å². The Kier molecular flexibility index (Phi) is 5.67. The maximum absolute atomic E-state index is 6.39. The van der Waals surface area contributed by atoms with Gasteiger partial charge in [0.05, 0.1) is 11.3 Å². The van der Waals surface area contributed by atoms with Gasteiger partial charge >= 0.3 is 0 Å². The second kappa shape index (κ2) is 8.43. The molecule has 2 aliphatic carbocycles. The molecule has 5 heteroatoms. The minimum Gasteiger partial charge on any atom is -0.375 e. The molecule has 3 aliphatic rings. The fraction of sp³-hybridized carbons (Fsp3) is 0.680. The van der Waals surface area contributed by atoms with E-state index < -0.39 is 0 Å². The molecule has 2 aromatic rings. The third-order valence-electron chi connectivity index (χ3n) is 7.86. The van der Waals surface area contributed by atoms with Gasteiger partial charge in [-0.05, 0) is 76.1 Å². The summed E-state index contributed by atoms with van der Waals surface area (Å²) in [5, 5.41) is 8.67. The van der Waals surface area contributed by atoms with Gasteiger partial charge in [0.25, 0.3) is 0 Å². The molecule has 1 N–H and O–H groups in total. The Hall–Kier alpha value is -1.72. The van der Waals surface area contributed by atoms with Gasteiger partial charge in [-0.15, -0.1) is 0 Å². The largest absolute Gasteiger partial charge is 0.375 e. The van der Waals surface area contributed by atoms with Gasteiger partial charge in [0.15, 0.2) is 0 Å². The number of aromatic nitrogens is 3. The molecule has 0 amide bonds. The summed E-state index contributed by atoms with van der Waals surface area (Å²) in [5.74, 6) is 0. The molecule has 0 bridgehead atoms. The van der Waals surface area contributed by atoms with Crippen LogP contribution in [0, 0.1) is 0 Å². The Morgan fingerprint density at radius 2 is 2.13 bits per heavy atom. The number of nitrogens with one attached hydrogen (secondary N) is 1. The van der Waals surface area contributed by atoms with Gasteiger partial charge in [0, 0.05) is 49.1 Å². The minimum absolute atomic E-state index is 0.0997. The first-order valence-corrected chi connectivity index (χ1v) is 12.0. The third-order valence-corrected chi connectivity index (χ3v) is 7.86. The first-order chi connectivity index (χ1) is 14.7. The summed E-state index contributed by atoms with van der Waals surface area (Å²) in [6.07, 6.45) is 16.1. The molecule has 2 aromatic heterocycles. The Bertz CT molecular complexity index is 842. The maximum atomic E-state index is 6.39. The second-order valence-electron chi connectivity index (χ2n) is 9.76. The number of fused-ring (bicyclic) bond motifs is 1. The Morgan fingerprint density at radius 1 is 1.23 bits per heavy atom. The van der Waals surface area contributed by atoms with E-state index in [0.29, 0.717) is 6.04 Å². The zero-order valence-electron chi connectivity index (χ0n) is 18.4. The van der Waals surface area contributed by atoms with Crippen LogP contribution in [0.4, 0.5) is 0 Å². The highest BCUT2D eigenvalue weighted by atomic mass is 16.5. The molecule has 3 heterocycles. The van der Waals surface area contributed by atoms with E-state index in [4.69, 9.17) is 14.8 Å². The Labute approximate surface area is 180 Å². The highest BCUT2D eigenvalue weighted by Crippen LogP contribution is 2.49. The Balaban J connectivity index is 1.27. The standard InChI is InChI=1S/C25H36N4O/c1-2-29-18-20-8-9-21(17-22(20)28-29)26-15-12-24(23-7-3-6-14-27-23)13-16-30-25(19-24)10-4-5-11-25/h3,6-7,14,18,21,26H,2,4-5,8-13,15-17,19H2,1H3/t21?,24-/m1/s1. The van der Waals surface area contributed by atoms with Crippen molar-refractivity contribution in [1.82, 2.24) is 20.1 Å². The van der Waals surface area contributed by atoms with Crippen molar-refractivity contribution in [2.24, 2.45) is 0 Å². The minimum atomic E-state index is 0.0997. The molecule has 0 radical (unpaired) electrons. The van der Waals surface area contributed by atoms with Gasteiger partial charge in [-0.25, -0.2) is 0 Å². The third kappa shape index (κ3) is 3.94. The van der Waals surface area contributed by atoms with E-state index in [2.05, 4.69) is 35.3 Å². The molecule has 1 unspecified atom stereocenters. The van der Waals surface area contributed by atoms with Crippen LogP contribution in [0.15, 0.2) is 30.6 Å². The number of rotatable bonds is 6. The number of hydrogen-bond acceptors (Lipinski definition) is 4. The fourth-order valence-corrected chi connectivity index (χ4v) is 6.20. The molecule has 2 fully saturated rings. The van der Waals surface area contributed by atoms with E-state index in [9.17, 15) is 0 Å². The topological polar surface area (TPSA) is 52.0 Å². The van der Waals surface area contributed by atoms with Gasteiger partial charge in [-0.3, -0.25) is 9.67 Å². The van der Waals surface area contributed by atoms with Crippen molar-refractivity contribution < 1.29 is 4.74 Å². The van der Waals surface area contributed by atoms with E-state index in [1.807, 2.05) is 12.3 Å². The van der Waals surface area contributed by atoms with Crippen LogP contribution in [-0.2, 0) is 29.5 Å². The molecular formula is C25H36N4O. The Morgan fingerprint density at radius 3 is 2.93 bits per heavy atom. The smallest absolute Gasteiger partial charge is 0.0691 e. The summed E-state index contributed by atoms with van der Waals surface area (Å²) < 4.78 is 8.48. The fourth-order valence-electron chi connectivity index (χ4n) is 6.20. The maximum Gasteiger partial charge on any atom is 0.0691 e. The predicted molar refractivity (Wildman–Crippen MR) is 119 cm³/mol. The van der Waals surface area contributed by atoms with Crippen molar-refractivity contribution in [2.75, 3.05) is 13.2 Å². The van der Waals surface area contributed by atoms with E-state index in [0.717, 1.165) is 51.8 Å². The van der Waals surface area contributed by atoms with Gasteiger partial charge in [-0.1, -0.05) is 18.9 Å². The molecule has 0 aromatic carbocycles. The van der Waals surface area contributed by atoms with Crippen molar-refractivity contribution in [3.8, 4) is 0 Å². The monoisotopic (exact) mass is 408 g/mol. The van der Waals surface area contributed by atoms with Crippen LogP contribution in [0.1, 0.15) is 75.2 Å². The summed E-state index contributed by atoms with van der Waals surface area (Å²) in [6.45, 7) is 5.04. The molecule has 5 nitrogen and oxygen atoms in total. The first-order valence-electron chi connectivity index (χ1n) is 12.0. The van der Waals surface area contributed by atoms with Crippen molar-refractivity contribution in [2.45, 2.75) is 94.7 Å². The van der Waals surface area contributed by atoms with E-state index in [1.165, 1.54) is 49.1 Å². The first kappa shape index (κ1) is 20.2. The van der Waals surface area contributed by atoms with Crippen LogP contribution >= 0.6 is 0 Å². The van der Waals surface area contributed by atoms with Crippen molar-refractivity contribution >= 4 is 0 Å². The molecule has 1 saturated heterocycles. The van der Waals surface area contributed by atoms with E-state index in [1.54, 1.807) is 0 Å². The molecule has 1 aliphatic heterocycles. The lowest BCUT2D eigenvalue weighted by molar-refractivity contribution is -0.104. The summed E-state index contributed by atoms with van der Waals surface area (Å²) in [5.41, 5.74) is 4.26. The van der Waals surface area contributed by atoms with E-state index >= 15 is 0 Å². The lowest BCUT2D eigenvalue weighted by atomic mass is 9.68. The molecule has 1 spiro atoms. The summed E-state index contributed by atoms with van der Waals surface area (Å²) >= 11 is 0. The van der Waals surface area contributed by atoms with Crippen LogP contribution in [0.3, 0.4) is 0 Å². The number of nitrogens with zero attached hydrogens (tertiary/aromatic N) is 3. The average Bonchev–Trinajstić information content (AvgIpc) is 3.40. The molecule has 2 atom stereocenters. The number of aryl methyl sites for hydroxylation is 2. The average molecular weight is 409 g/mol. The zero-order chi connectivity index (χ0) is 20.4. The number of pyridine rings is 1. The summed E-state index contributed by atoms with van der Waals surface area (Å²) in [6, 6.07) is 6.98. The van der Waals surface area contributed by atoms with Crippen LogP contribution in [0.5, 0.6) is 0 Å². The van der Waals surface area contributed by atoms with Gasteiger partial charge in [0.1, 0.15) is 0 Å². The zero-order valence-corrected chi connectivity index (χ0v) is 18.4. The predicted octanol–water partition coefficient (Wildman–Crippen LogP) is 4.20. The lowest BCUT2D eigenvalue weighted by Crippen LogP contribution is -2.48. The number of ether oxygens (including phenoxy) is 1. The molecule has 5 rings (SSSR count). The van der Waals surface area contributed by atoms with Gasteiger partial charge in [0.2, 0.25) is 0 Å². The molecule has 1 saturated carbocycles. The van der Waals surface area contributed by atoms with Gasteiger partial charge in [-0.2, -0.15) is 5.10 Å². The molecular weight excluding hydrogens is 372 g/mol. The molecule has 162 valence electrons. The van der Waals surface area contributed by atoms with Crippen LogP contribution in [0.25, 0.3) is 0 Å². The van der Waals surface area contributed by atoms with Crippen molar-refractivity contribution in [3.05, 3.63) is 47.5 Å². The highest BCUT2D eigenvalue weighted by molar-refractivity contribution is 5.23. The second-order valence-corrected chi connectivity index (χ2v) is 9.76. The lowest BCUT2D eigenvalue weighted by Gasteiger charge is -2.46. The van der Waals surface area contributed by atoms with Crippen LogP contribution in [-0.4, -0.2) is 39.6 Å². The van der Waals surface area contributed by atoms with Crippen molar-refractivity contribution in [3.63, 3.8) is 0 Å². The summed E-state index contributed by atoms with van der Waals surface area (Å²) in [4.78, 5) is 4.84.